The number of fused-ring (bicyclic) bond motifs is 1. The van der Waals surface area contributed by atoms with Crippen LogP contribution in [0.3, 0.4) is 0 Å². The highest BCUT2D eigenvalue weighted by Crippen LogP contribution is 2.33. The number of thiazole rings is 1. The van der Waals surface area contributed by atoms with Crippen LogP contribution in [0.25, 0.3) is 0 Å². The van der Waals surface area contributed by atoms with Crippen molar-refractivity contribution in [1.29, 1.82) is 0 Å². The van der Waals surface area contributed by atoms with E-state index in [2.05, 4.69) is 15.6 Å². The highest BCUT2D eigenvalue weighted by atomic mass is 32.1. The number of nitrogens with zero attached hydrogens (tertiary/aromatic N) is 2. The molecule has 0 bridgehead atoms. The molecule has 7 nitrogen and oxygen atoms in total. The summed E-state index contributed by atoms with van der Waals surface area (Å²) in [6, 6.07) is 4.84. The number of benzene rings is 1. The van der Waals surface area contributed by atoms with Crippen LogP contribution in [-0.4, -0.2) is 21.9 Å². The lowest BCUT2D eigenvalue weighted by Gasteiger charge is -2.07. The number of nitro benzene ring substituents is 1. The van der Waals surface area contributed by atoms with E-state index in [-0.39, 0.29) is 17.2 Å². The molecule has 0 atom stereocenters. The molecular formula is C16H16N4O3S. The number of nitrogens with one attached hydrogen (secondary N) is 2. The van der Waals surface area contributed by atoms with Crippen LogP contribution in [0.1, 0.15) is 40.2 Å². The number of rotatable bonds is 5. The third-order valence-corrected chi connectivity index (χ3v) is 5.28. The molecule has 0 unspecified atom stereocenters. The summed E-state index contributed by atoms with van der Waals surface area (Å²) < 4.78 is 0. The van der Waals surface area contributed by atoms with Gasteiger partial charge in [0.15, 0.2) is 5.13 Å². The van der Waals surface area contributed by atoms with Gasteiger partial charge in [-0.2, -0.15) is 0 Å². The van der Waals surface area contributed by atoms with Gasteiger partial charge >= 0.3 is 0 Å². The Balaban J connectivity index is 1.54. The molecule has 4 rings (SSSR count). The number of hydrogen-bond donors (Lipinski definition) is 2. The maximum Gasteiger partial charge on any atom is 0.293 e. The normalized spacial score (nSPS) is 15.8. The highest BCUT2D eigenvalue weighted by Gasteiger charge is 2.26. The Morgan fingerprint density at radius 3 is 2.88 bits per heavy atom. The molecule has 0 aliphatic heterocycles. The summed E-state index contributed by atoms with van der Waals surface area (Å²) in [7, 11) is 0. The summed E-state index contributed by atoms with van der Waals surface area (Å²) >= 11 is 1.49. The van der Waals surface area contributed by atoms with E-state index in [0.717, 1.165) is 37.8 Å². The van der Waals surface area contributed by atoms with Gasteiger partial charge in [0, 0.05) is 22.5 Å². The summed E-state index contributed by atoms with van der Waals surface area (Å²) in [5.74, 6) is -0.372. The fraction of sp³-hybridized carbons (Fsp3) is 0.375. The minimum atomic E-state index is -0.459. The largest absolute Gasteiger partial charge is 0.377 e. The highest BCUT2D eigenvalue weighted by molar-refractivity contribution is 7.16. The first-order valence-corrected chi connectivity index (χ1v) is 8.77. The quantitative estimate of drug-likeness (QED) is 0.640. The molecule has 2 aromatic rings. The SMILES string of the molecule is O=C(Nc1nc2c(s1)CCC2)c1ccc(NC2CC2)c([N+](=O)[O-])c1. The van der Waals surface area contributed by atoms with Crippen LogP contribution in [0.2, 0.25) is 0 Å². The van der Waals surface area contributed by atoms with E-state index in [4.69, 9.17) is 0 Å². The first-order chi connectivity index (χ1) is 11.6. The minimum absolute atomic E-state index is 0.0730. The summed E-state index contributed by atoms with van der Waals surface area (Å²) in [5, 5.41) is 17.7. The molecule has 2 N–H and O–H groups in total. The number of aryl methyl sites for hydroxylation is 2. The molecule has 24 heavy (non-hydrogen) atoms. The molecule has 1 aromatic carbocycles. The molecule has 2 aliphatic carbocycles. The Kier molecular flexibility index (Phi) is 3.68. The zero-order valence-electron chi connectivity index (χ0n) is 12.9. The predicted molar refractivity (Wildman–Crippen MR) is 91.8 cm³/mol. The molecule has 0 saturated heterocycles. The Morgan fingerprint density at radius 2 is 2.17 bits per heavy atom. The minimum Gasteiger partial charge on any atom is -0.377 e. The van der Waals surface area contributed by atoms with Crippen molar-refractivity contribution in [3.8, 4) is 0 Å². The molecule has 124 valence electrons. The standard InChI is InChI=1S/C16H16N4O3S/c21-15(19-16-18-12-2-1-3-14(12)24-16)9-4-7-11(17-10-5-6-10)13(8-9)20(22)23/h4,7-8,10,17H,1-3,5-6H2,(H,18,19,21). The van der Waals surface area contributed by atoms with E-state index in [1.807, 2.05) is 0 Å². The van der Waals surface area contributed by atoms with Crippen LogP contribution in [0.5, 0.6) is 0 Å². The molecule has 1 heterocycles. The zero-order valence-corrected chi connectivity index (χ0v) is 13.7. The molecular weight excluding hydrogens is 328 g/mol. The molecule has 1 fully saturated rings. The fourth-order valence-corrected chi connectivity index (χ4v) is 3.85. The lowest BCUT2D eigenvalue weighted by molar-refractivity contribution is -0.384. The molecule has 8 heteroatoms. The van der Waals surface area contributed by atoms with E-state index in [0.29, 0.717) is 16.9 Å². The first-order valence-electron chi connectivity index (χ1n) is 7.95. The van der Waals surface area contributed by atoms with E-state index in [9.17, 15) is 14.9 Å². The van der Waals surface area contributed by atoms with Gasteiger partial charge < -0.3 is 5.32 Å². The number of aromatic nitrogens is 1. The van der Waals surface area contributed by atoms with Crippen molar-refractivity contribution in [3.05, 3.63) is 44.4 Å². The predicted octanol–water partition coefficient (Wildman–Crippen LogP) is 3.37. The molecule has 2 aliphatic rings. The van der Waals surface area contributed by atoms with Gasteiger partial charge in [-0.1, -0.05) is 0 Å². The summed E-state index contributed by atoms with van der Waals surface area (Å²) in [6.07, 6.45) is 5.12. The Labute approximate surface area is 142 Å². The van der Waals surface area contributed by atoms with E-state index >= 15 is 0 Å². The number of hydrogen-bond acceptors (Lipinski definition) is 6. The number of carbonyl (C=O) groups excluding carboxylic acids is 1. The van der Waals surface area contributed by atoms with Gasteiger partial charge in [-0.25, -0.2) is 4.98 Å². The van der Waals surface area contributed by atoms with E-state index in [1.165, 1.54) is 22.3 Å². The third kappa shape index (κ3) is 2.96. The smallest absolute Gasteiger partial charge is 0.293 e. The average molecular weight is 344 g/mol. The van der Waals surface area contributed by atoms with Gasteiger partial charge in [-0.3, -0.25) is 20.2 Å². The molecule has 1 saturated carbocycles. The van der Waals surface area contributed by atoms with Crippen molar-refractivity contribution in [3.63, 3.8) is 0 Å². The van der Waals surface area contributed by atoms with Crippen LogP contribution >= 0.6 is 11.3 Å². The first kappa shape index (κ1) is 15.1. The van der Waals surface area contributed by atoms with Crippen molar-refractivity contribution >= 4 is 33.8 Å². The van der Waals surface area contributed by atoms with Gasteiger partial charge in [0.25, 0.3) is 11.6 Å². The second kappa shape index (κ2) is 5.86. The van der Waals surface area contributed by atoms with E-state index < -0.39 is 4.92 Å². The monoisotopic (exact) mass is 344 g/mol. The van der Waals surface area contributed by atoms with Crippen molar-refractivity contribution in [2.75, 3.05) is 10.6 Å². The van der Waals surface area contributed by atoms with Gasteiger partial charge in [0.05, 0.1) is 10.6 Å². The molecule has 1 aromatic heterocycles. The molecule has 0 spiro atoms. The zero-order chi connectivity index (χ0) is 16.7. The maximum atomic E-state index is 12.4. The topological polar surface area (TPSA) is 97.2 Å². The van der Waals surface area contributed by atoms with Crippen LogP contribution in [-0.2, 0) is 12.8 Å². The second-order valence-electron chi connectivity index (χ2n) is 6.10. The van der Waals surface area contributed by atoms with Crippen molar-refractivity contribution in [2.45, 2.75) is 38.1 Å². The lowest BCUT2D eigenvalue weighted by atomic mass is 10.1. The average Bonchev–Trinajstić information content (AvgIpc) is 3.12. The Hall–Kier alpha value is -2.48. The van der Waals surface area contributed by atoms with Gasteiger partial charge in [0.1, 0.15) is 5.69 Å². The second-order valence-corrected chi connectivity index (χ2v) is 7.19. The Morgan fingerprint density at radius 1 is 1.33 bits per heavy atom. The van der Waals surface area contributed by atoms with Crippen molar-refractivity contribution < 1.29 is 9.72 Å². The molecule has 1 amide bonds. The van der Waals surface area contributed by atoms with Crippen LogP contribution in [0, 0.1) is 10.1 Å². The summed E-state index contributed by atoms with van der Waals surface area (Å²) in [5.41, 5.74) is 1.71. The summed E-state index contributed by atoms with van der Waals surface area (Å²) in [4.78, 5) is 28.8. The van der Waals surface area contributed by atoms with Crippen molar-refractivity contribution in [1.82, 2.24) is 4.98 Å². The van der Waals surface area contributed by atoms with Crippen LogP contribution in [0.4, 0.5) is 16.5 Å². The van der Waals surface area contributed by atoms with Gasteiger partial charge in [-0.05, 0) is 44.2 Å². The van der Waals surface area contributed by atoms with Gasteiger partial charge in [0.2, 0.25) is 0 Å². The van der Waals surface area contributed by atoms with Crippen LogP contribution in [0.15, 0.2) is 18.2 Å². The van der Waals surface area contributed by atoms with Crippen molar-refractivity contribution in [2.24, 2.45) is 0 Å². The molecule has 0 radical (unpaired) electrons. The lowest BCUT2D eigenvalue weighted by Crippen LogP contribution is -2.13. The van der Waals surface area contributed by atoms with Crippen LogP contribution < -0.4 is 10.6 Å². The number of nitro groups is 1. The van der Waals surface area contributed by atoms with Gasteiger partial charge in [-0.15, -0.1) is 11.3 Å². The number of amides is 1. The van der Waals surface area contributed by atoms with E-state index in [1.54, 1.807) is 12.1 Å². The maximum absolute atomic E-state index is 12.4. The fourth-order valence-electron chi connectivity index (χ4n) is 2.81. The number of carbonyl (C=O) groups is 1. The number of anilines is 2. The third-order valence-electron chi connectivity index (χ3n) is 4.21. The Bertz CT molecular complexity index is 807. The summed E-state index contributed by atoms with van der Waals surface area (Å²) in [6.45, 7) is 0.